The van der Waals surface area contributed by atoms with E-state index in [1.54, 1.807) is 0 Å². The van der Waals surface area contributed by atoms with Crippen molar-refractivity contribution in [2.75, 3.05) is 6.98 Å². The van der Waals surface area contributed by atoms with Gasteiger partial charge in [-0.15, -0.1) is 0 Å². The third-order valence-corrected chi connectivity index (χ3v) is 1.40. The van der Waals surface area contributed by atoms with Crippen molar-refractivity contribution in [2.24, 2.45) is 0 Å². The van der Waals surface area contributed by atoms with Crippen LogP contribution in [0.5, 0.6) is 0 Å². The molecule has 0 radical (unpaired) electrons. The number of nitrogens with one attached hydrogen (secondary N) is 1. The molecule has 0 atom stereocenters. The molecule has 3 heteroatoms. The van der Waals surface area contributed by atoms with E-state index < -0.39 is 12.9 Å². The molecular formula is C9H9NO2. The van der Waals surface area contributed by atoms with Gasteiger partial charge in [0.05, 0.1) is 0 Å². The van der Waals surface area contributed by atoms with Gasteiger partial charge in [0.15, 0.2) is 0 Å². The third-order valence-electron chi connectivity index (χ3n) is 1.40. The molecule has 0 fully saturated rings. The predicted octanol–water partition coefficient (Wildman–Crippen LogP) is 0.859. The van der Waals surface area contributed by atoms with E-state index in [0.717, 1.165) is 0 Å². The fourth-order valence-corrected chi connectivity index (χ4v) is 0.825. The van der Waals surface area contributed by atoms with Gasteiger partial charge >= 0.3 is 0 Å². The molecule has 0 saturated heterocycles. The zero-order valence-electron chi connectivity index (χ0n) is 9.20. The second-order valence-corrected chi connectivity index (χ2v) is 2.20. The molecule has 0 aliphatic rings. The predicted molar refractivity (Wildman–Crippen MR) is 45.2 cm³/mol. The van der Waals surface area contributed by atoms with Gasteiger partial charge in [-0.2, -0.15) is 0 Å². The Bertz CT molecular complexity index is 387. The number of carbonyl (C=O) groups excluding carboxylic acids is 2. The van der Waals surface area contributed by atoms with Crippen LogP contribution in [0.1, 0.15) is 24.8 Å². The zero-order chi connectivity index (χ0) is 11.5. The van der Waals surface area contributed by atoms with Gasteiger partial charge in [0.25, 0.3) is 5.91 Å². The van der Waals surface area contributed by atoms with Crippen LogP contribution >= 0.6 is 0 Å². The molecule has 0 saturated carbocycles. The number of hydrogen-bond acceptors (Lipinski definition) is 2. The van der Waals surface area contributed by atoms with Crippen LogP contribution in [0.4, 0.5) is 0 Å². The molecule has 0 bridgehead atoms. The minimum atomic E-state index is -2.52. The summed E-state index contributed by atoms with van der Waals surface area (Å²) in [5, 5.41) is 1.83. The fourth-order valence-electron chi connectivity index (χ4n) is 0.825. The Morgan fingerprint density at radius 1 is 1.67 bits per heavy atom. The molecule has 1 aromatic carbocycles. The first kappa shape index (κ1) is 5.09. The first-order valence-corrected chi connectivity index (χ1v) is 3.30. The fraction of sp³-hybridized carbons (Fsp3) is 0.111. The van der Waals surface area contributed by atoms with E-state index in [1.165, 1.54) is 24.3 Å². The highest BCUT2D eigenvalue weighted by Crippen LogP contribution is 2.02. The average Bonchev–Trinajstić information content (AvgIpc) is 2.15. The summed E-state index contributed by atoms with van der Waals surface area (Å²) < 4.78 is 20.5. The highest BCUT2D eigenvalue weighted by molar-refractivity contribution is 5.95. The SMILES string of the molecule is [2H]C([2H])([2H])NC(=O)c1cccc(C=O)c1. The number of benzene rings is 1. The molecule has 0 aliphatic carbocycles. The number of carbonyl (C=O) groups is 2. The molecule has 0 unspecified atom stereocenters. The maximum absolute atomic E-state index is 11.3. The van der Waals surface area contributed by atoms with Crippen molar-refractivity contribution in [1.82, 2.24) is 5.32 Å². The van der Waals surface area contributed by atoms with Gasteiger partial charge in [0.1, 0.15) is 6.29 Å². The van der Waals surface area contributed by atoms with Crippen LogP contribution in [0.15, 0.2) is 24.3 Å². The lowest BCUT2D eigenvalue weighted by atomic mass is 10.1. The van der Waals surface area contributed by atoms with Gasteiger partial charge in [-0.3, -0.25) is 9.59 Å². The van der Waals surface area contributed by atoms with E-state index in [0.29, 0.717) is 11.8 Å². The Balaban J connectivity index is 2.87. The molecule has 12 heavy (non-hydrogen) atoms. The summed E-state index contributed by atoms with van der Waals surface area (Å²) in [6, 6.07) is 5.80. The Morgan fingerprint density at radius 3 is 3.17 bits per heavy atom. The summed E-state index contributed by atoms with van der Waals surface area (Å²) in [7, 11) is 0. The molecular weight excluding hydrogens is 154 g/mol. The topological polar surface area (TPSA) is 46.2 Å². The van der Waals surface area contributed by atoms with E-state index in [-0.39, 0.29) is 5.56 Å². The summed E-state index contributed by atoms with van der Waals surface area (Å²) in [6.45, 7) is -2.52. The van der Waals surface area contributed by atoms with Crippen LogP contribution in [0.3, 0.4) is 0 Å². The lowest BCUT2D eigenvalue weighted by molar-refractivity contribution is 0.0963. The molecule has 1 N–H and O–H groups in total. The Morgan fingerprint density at radius 2 is 2.50 bits per heavy atom. The maximum Gasteiger partial charge on any atom is 0.251 e. The minimum Gasteiger partial charge on any atom is -0.355 e. The zero-order valence-corrected chi connectivity index (χ0v) is 6.20. The van der Waals surface area contributed by atoms with Crippen LogP contribution in [0.2, 0.25) is 0 Å². The summed E-state index contributed by atoms with van der Waals surface area (Å²) in [4.78, 5) is 21.8. The molecule has 0 aliphatic heterocycles. The first-order valence-electron chi connectivity index (χ1n) is 4.80. The van der Waals surface area contributed by atoms with Gasteiger partial charge in [0, 0.05) is 22.2 Å². The number of aldehydes is 1. The van der Waals surface area contributed by atoms with Gasteiger partial charge in [-0.1, -0.05) is 12.1 Å². The van der Waals surface area contributed by atoms with Crippen molar-refractivity contribution >= 4 is 12.2 Å². The number of amides is 1. The van der Waals surface area contributed by atoms with Crippen molar-refractivity contribution in [1.29, 1.82) is 0 Å². The molecule has 1 rings (SSSR count). The number of rotatable bonds is 2. The van der Waals surface area contributed by atoms with Crippen LogP contribution in [0.25, 0.3) is 0 Å². The van der Waals surface area contributed by atoms with Gasteiger partial charge in [-0.25, -0.2) is 0 Å². The molecule has 0 aromatic heterocycles. The highest BCUT2D eigenvalue weighted by Gasteiger charge is 2.01. The van der Waals surface area contributed by atoms with Crippen LogP contribution in [-0.4, -0.2) is 19.2 Å². The summed E-state index contributed by atoms with van der Waals surface area (Å²) >= 11 is 0. The highest BCUT2D eigenvalue weighted by atomic mass is 16.1. The van der Waals surface area contributed by atoms with E-state index in [9.17, 15) is 9.59 Å². The molecule has 1 aromatic rings. The Kier molecular flexibility index (Phi) is 1.55. The smallest absolute Gasteiger partial charge is 0.251 e. The standard InChI is InChI=1S/C9H9NO2/c1-10-9(12)8-4-2-3-7(5-8)6-11/h2-6H,1H3,(H,10,12)/i1D3. The van der Waals surface area contributed by atoms with E-state index in [2.05, 4.69) is 0 Å². The lowest BCUT2D eigenvalue weighted by Crippen LogP contribution is -2.17. The second-order valence-electron chi connectivity index (χ2n) is 2.20. The molecule has 0 heterocycles. The van der Waals surface area contributed by atoms with Gasteiger partial charge < -0.3 is 5.32 Å². The Hall–Kier alpha value is -1.64. The monoisotopic (exact) mass is 166 g/mol. The van der Waals surface area contributed by atoms with Crippen LogP contribution in [0, 0.1) is 0 Å². The molecule has 62 valence electrons. The summed E-state index contributed by atoms with van der Waals surface area (Å²) in [5.74, 6) is -0.723. The molecule has 0 spiro atoms. The second kappa shape index (κ2) is 3.67. The average molecular weight is 166 g/mol. The number of hydrogen-bond donors (Lipinski definition) is 1. The normalized spacial score (nSPS) is 13.8. The molecule has 1 amide bonds. The van der Waals surface area contributed by atoms with E-state index in [1.807, 2.05) is 5.32 Å². The van der Waals surface area contributed by atoms with E-state index in [4.69, 9.17) is 4.11 Å². The van der Waals surface area contributed by atoms with Crippen molar-refractivity contribution in [3.8, 4) is 0 Å². The van der Waals surface area contributed by atoms with Crippen molar-refractivity contribution < 1.29 is 13.7 Å². The largest absolute Gasteiger partial charge is 0.355 e. The van der Waals surface area contributed by atoms with Crippen molar-refractivity contribution in [3.63, 3.8) is 0 Å². The van der Waals surface area contributed by atoms with Gasteiger partial charge in [-0.05, 0) is 12.1 Å². The maximum atomic E-state index is 11.3. The van der Waals surface area contributed by atoms with Crippen LogP contribution in [-0.2, 0) is 0 Å². The third kappa shape index (κ3) is 1.69. The summed E-state index contributed by atoms with van der Waals surface area (Å²) in [5.41, 5.74) is 0.476. The first-order chi connectivity index (χ1) is 6.92. The Labute approximate surface area is 74.6 Å². The van der Waals surface area contributed by atoms with E-state index >= 15 is 0 Å². The van der Waals surface area contributed by atoms with Crippen molar-refractivity contribution in [3.05, 3.63) is 35.4 Å². The minimum absolute atomic E-state index is 0.149. The summed E-state index contributed by atoms with van der Waals surface area (Å²) in [6.07, 6.45) is 0.589. The van der Waals surface area contributed by atoms with Crippen molar-refractivity contribution in [2.45, 2.75) is 0 Å². The van der Waals surface area contributed by atoms with Crippen LogP contribution < -0.4 is 5.32 Å². The van der Waals surface area contributed by atoms with Gasteiger partial charge in [0.2, 0.25) is 0 Å². The lowest BCUT2D eigenvalue weighted by Gasteiger charge is -1.98. The quantitative estimate of drug-likeness (QED) is 0.662. The molecule has 3 nitrogen and oxygen atoms in total.